The van der Waals surface area contributed by atoms with Crippen LogP contribution >= 0.6 is 0 Å². The van der Waals surface area contributed by atoms with Crippen molar-refractivity contribution in [2.24, 2.45) is 29.1 Å². The summed E-state index contributed by atoms with van der Waals surface area (Å²) >= 11 is 0. The van der Waals surface area contributed by atoms with Gasteiger partial charge in [0.2, 0.25) is 0 Å². The van der Waals surface area contributed by atoms with E-state index in [-0.39, 0.29) is 29.9 Å². The third kappa shape index (κ3) is 4.87. The smallest absolute Gasteiger partial charge is 0.342 e. The number of epoxide rings is 1. The van der Waals surface area contributed by atoms with E-state index in [1.807, 2.05) is 36.4 Å². The molecule has 4 aliphatic rings. The number of Topliss-reactive ketones (excluding diaryl/α,β-unsaturated/α-hetero) is 1. The lowest BCUT2D eigenvalue weighted by molar-refractivity contribution is -0.151. The second-order valence-electron chi connectivity index (χ2n) is 14.2. The molecule has 45 heavy (non-hydrogen) atoms. The normalized spacial score (nSPS) is 36.3. The molecule has 3 aliphatic carbocycles. The average Bonchev–Trinajstić information content (AvgIpc) is 3.79. The van der Waals surface area contributed by atoms with Gasteiger partial charge in [-0.3, -0.25) is 4.79 Å². The first-order chi connectivity index (χ1) is 21.4. The van der Waals surface area contributed by atoms with E-state index in [2.05, 4.69) is 18.9 Å². The number of ketones is 1. The highest BCUT2D eigenvalue weighted by molar-refractivity contribution is 6.02. The summed E-state index contributed by atoms with van der Waals surface area (Å²) in [5, 5.41) is 28.4. The Morgan fingerprint density at radius 1 is 1.13 bits per heavy atom. The summed E-state index contributed by atoms with van der Waals surface area (Å²) in [6.07, 6.45) is 2.71. The number of aromatic nitrogens is 2. The number of esters is 1. The van der Waals surface area contributed by atoms with Crippen molar-refractivity contribution >= 4 is 11.8 Å². The molecule has 1 spiro atoms. The molecule has 0 bridgehead atoms. The van der Waals surface area contributed by atoms with Crippen LogP contribution in [-0.2, 0) is 14.3 Å². The van der Waals surface area contributed by atoms with Crippen LogP contribution in [0.1, 0.15) is 57.3 Å². The van der Waals surface area contributed by atoms with Crippen molar-refractivity contribution in [1.82, 2.24) is 9.78 Å². The lowest BCUT2D eigenvalue weighted by atomic mass is 9.74. The molecule has 0 radical (unpaired) electrons. The second-order valence-corrected chi connectivity index (χ2v) is 14.2. The third-order valence-electron chi connectivity index (χ3n) is 11.0. The van der Waals surface area contributed by atoms with E-state index < -0.39 is 52.8 Å². The number of halogens is 1. The van der Waals surface area contributed by atoms with E-state index in [1.165, 1.54) is 12.1 Å². The summed E-state index contributed by atoms with van der Waals surface area (Å²) < 4.78 is 27.9. The first kappa shape index (κ1) is 30.0. The Hall–Kier alpha value is -3.66. The maximum Gasteiger partial charge on any atom is 0.342 e. The number of hydrogen-bond acceptors (Lipinski definition) is 7. The lowest BCUT2D eigenvalue weighted by Gasteiger charge is -2.38. The molecular weight excluding hydrogens is 575 g/mol. The Kier molecular flexibility index (Phi) is 6.96. The zero-order valence-corrected chi connectivity index (χ0v) is 25.9. The molecule has 8 atom stereocenters. The number of carbonyl (C=O) groups excluding carboxylic acids is 2. The van der Waals surface area contributed by atoms with Gasteiger partial charge in [-0.25, -0.2) is 13.9 Å². The van der Waals surface area contributed by atoms with Crippen LogP contribution in [0.4, 0.5) is 4.39 Å². The summed E-state index contributed by atoms with van der Waals surface area (Å²) in [7, 11) is 0. The highest BCUT2D eigenvalue weighted by atomic mass is 19.1. The molecule has 2 aromatic carbocycles. The number of allylic oxidation sites excluding steroid dienone is 1. The maximum atomic E-state index is 14.3. The second kappa shape index (κ2) is 10.4. The largest absolute Gasteiger partial charge is 0.455 e. The van der Waals surface area contributed by atoms with Crippen LogP contribution in [-0.4, -0.2) is 61.8 Å². The van der Waals surface area contributed by atoms with Crippen molar-refractivity contribution in [2.45, 2.75) is 70.4 Å². The standard InChI is InChI=1S/C36H39FN2O6/c1-20-16-27-26(34(27,3)4)14-15-35(19-44-35)32(28-30(40)21(2)17-36(28,43)31(20)41)45-33(42)25-18-39(24-8-6-5-7-9-24)38-29(25)22-10-12-23(37)13-11-22/h5-13,16,18,21,26-28,30,32,40,43H,14-15,17,19H2,1-4H3/b20-16+/t21-,26-,27+,28+,30-,32+,35-,36+/m0/s1. The number of carbonyl (C=O) groups is 2. The highest BCUT2D eigenvalue weighted by Gasteiger charge is 2.68. The monoisotopic (exact) mass is 614 g/mol. The molecule has 3 aromatic rings. The van der Waals surface area contributed by atoms with Gasteiger partial charge in [-0.15, -0.1) is 0 Å². The van der Waals surface area contributed by atoms with Crippen LogP contribution in [0, 0.1) is 34.9 Å². The van der Waals surface area contributed by atoms with Crippen LogP contribution in [0.2, 0.25) is 0 Å². The third-order valence-corrected chi connectivity index (χ3v) is 11.0. The number of ether oxygens (including phenoxy) is 2. The SMILES string of the molecule is C/C1=C\[C@@H]2[C@H](CC[C@]3(CO3)[C@H](OC(=O)c3cn(-c4ccccc4)nc3-c3ccc(F)cc3)[C@H]3[C@@H](O)[C@@H](C)C[C@]3(O)C1=O)C2(C)C. The highest BCUT2D eigenvalue weighted by Crippen LogP contribution is 2.63. The molecule has 3 fully saturated rings. The number of para-hydroxylation sites is 1. The molecule has 0 amide bonds. The van der Waals surface area contributed by atoms with Gasteiger partial charge in [0.15, 0.2) is 5.78 Å². The van der Waals surface area contributed by atoms with Gasteiger partial charge in [0, 0.05) is 11.8 Å². The van der Waals surface area contributed by atoms with Gasteiger partial charge in [0.05, 0.1) is 24.3 Å². The van der Waals surface area contributed by atoms with Gasteiger partial charge in [0.1, 0.15) is 34.4 Å². The van der Waals surface area contributed by atoms with Crippen molar-refractivity contribution < 1.29 is 33.7 Å². The lowest BCUT2D eigenvalue weighted by Crippen LogP contribution is -2.56. The number of fused-ring (bicyclic) bond motifs is 2. The van der Waals surface area contributed by atoms with Crippen LogP contribution in [0.25, 0.3) is 16.9 Å². The van der Waals surface area contributed by atoms with Crippen molar-refractivity contribution in [3.63, 3.8) is 0 Å². The van der Waals surface area contributed by atoms with Gasteiger partial charge in [-0.2, -0.15) is 5.10 Å². The fourth-order valence-electron chi connectivity index (χ4n) is 8.10. The topological polar surface area (TPSA) is 114 Å². The van der Waals surface area contributed by atoms with E-state index in [9.17, 15) is 24.2 Å². The Labute approximate surface area is 261 Å². The molecule has 1 aromatic heterocycles. The summed E-state index contributed by atoms with van der Waals surface area (Å²) in [6.45, 7) is 8.17. The number of benzene rings is 2. The molecule has 1 saturated heterocycles. The van der Waals surface area contributed by atoms with E-state index in [1.54, 1.807) is 36.9 Å². The van der Waals surface area contributed by atoms with Crippen LogP contribution in [0.15, 0.2) is 72.4 Å². The van der Waals surface area contributed by atoms with E-state index in [0.29, 0.717) is 34.9 Å². The summed E-state index contributed by atoms with van der Waals surface area (Å²) in [5.41, 5.74) is -0.802. The zero-order valence-electron chi connectivity index (χ0n) is 25.9. The molecule has 2 heterocycles. The molecule has 2 N–H and O–H groups in total. The maximum absolute atomic E-state index is 14.3. The van der Waals surface area contributed by atoms with E-state index in [0.717, 1.165) is 6.42 Å². The van der Waals surface area contributed by atoms with Crippen LogP contribution in [0.3, 0.4) is 0 Å². The van der Waals surface area contributed by atoms with Crippen molar-refractivity contribution in [3.05, 3.63) is 83.8 Å². The fourth-order valence-corrected chi connectivity index (χ4v) is 8.10. The summed E-state index contributed by atoms with van der Waals surface area (Å²) in [5.74, 6) is -2.63. The predicted octanol–water partition coefficient (Wildman–Crippen LogP) is 5.30. The van der Waals surface area contributed by atoms with Gasteiger partial charge in [-0.05, 0) is 91.3 Å². The number of aliphatic hydroxyl groups excluding tert-OH is 1. The van der Waals surface area contributed by atoms with Gasteiger partial charge < -0.3 is 19.7 Å². The summed E-state index contributed by atoms with van der Waals surface area (Å²) in [6, 6.07) is 15.0. The van der Waals surface area contributed by atoms with Gasteiger partial charge in [-0.1, -0.05) is 45.0 Å². The number of aliphatic hydroxyl groups is 2. The minimum Gasteiger partial charge on any atom is -0.455 e. The van der Waals surface area contributed by atoms with Crippen LogP contribution in [0.5, 0.6) is 0 Å². The minimum absolute atomic E-state index is 0.0103. The van der Waals surface area contributed by atoms with E-state index in [4.69, 9.17) is 9.47 Å². The van der Waals surface area contributed by atoms with Gasteiger partial charge in [0.25, 0.3) is 0 Å². The molecule has 8 nitrogen and oxygen atoms in total. The first-order valence-corrected chi connectivity index (χ1v) is 15.8. The number of rotatable bonds is 4. The quantitative estimate of drug-likeness (QED) is 0.303. The van der Waals surface area contributed by atoms with Crippen LogP contribution < -0.4 is 0 Å². The molecular formula is C36H39FN2O6. The number of nitrogens with zero attached hydrogens (tertiary/aromatic N) is 2. The molecule has 2 saturated carbocycles. The Bertz CT molecular complexity index is 1680. The molecule has 7 rings (SSSR count). The van der Waals surface area contributed by atoms with Crippen molar-refractivity contribution in [3.8, 4) is 16.9 Å². The molecule has 0 unspecified atom stereocenters. The van der Waals surface area contributed by atoms with Crippen molar-refractivity contribution in [1.29, 1.82) is 0 Å². The molecule has 236 valence electrons. The Morgan fingerprint density at radius 2 is 1.82 bits per heavy atom. The van der Waals surface area contributed by atoms with Crippen molar-refractivity contribution in [2.75, 3.05) is 6.61 Å². The Morgan fingerprint density at radius 3 is 2.49 bits per heavy atom. The fraction of sp³-hybridized carbons (Fsp3) is 0.472. The Balaban J connectivity index is 1.31. The predicted molar refractivity (Wildman–Crippen MR) is 164 cm³/mol. The van der Waals surface area contributed by atoms with Gasteiger partial charge >= 0.3 is 5.97 Å². The van der Waals surface area contributed by atoms with E-state index >= 15 is 0 Å². The summed E-state index contributed by atoms with van der Waals surface area (Å²) in [4.78, 5) is 28.3. The number of hydrogen-bond donors (Lipinski definition) is 2. The minimum atomic E-state index is -1.95. The molecule has 1 aliphatic heterocycles. The average molecular weight is 615 g/mol. The zero-order chi connectivity index (χ0) is 31.9. The molecule has 9 heteroatoms. The first-order valence-electron chi connectivity index (χ1n) is 15.8.